The first-order chi connectivity index (χ1) is 9.72. The van der Waals surface area contributed by atoms with Crippen LogP contribution in [0.25, 0.3) is 0 Å². The van der Waals surface area contributed by atoms with E-state index in [0.29, 0.717) is 12.5 Å². The molecule has 2 saturated heterocycles. The van der Waals surface area contributed by atoms with Crippen molar-refractivity contribution in [2.45, 2.75) is 55.9 Å². The van der Waals surface area contributed by atoms with Gasteiger partial charge in [0, 0.05) is 32.1 Å². The van der Waals surface area contributed by atoms with Crippen LogP contribution in [-0.2, 0) is 19.3 Å². The molecule has 0 saturated carbocycles. The third kappa shape index (κ3) is 3.44. The highest BCUT2D eigenvalue weighted by Crippen LogP contribution is 2.41. The Morgan fingerprint density at radius 2 is 1.86 bits per heavy atom. The minimum atomic E-state index is -3.13. The summed E-state index contributed by atoms with van der Waals surface area (Å²) in [5.41, 5.74) is -0.107. The Morgan fingerprint density at radius 3 is 2.38 bits per heavy atom. The Bertz CT molecular complexity index is 449. The van der Waals surface area contributed by atoms with Crippen molar-refractivity contribution < 1.29 is 17.9 Å². The van der Waals surface area contributed by atoms with Crippen molar-refractivity contribution >= 4 is 9.84 Å². The molecule has 1 N–H and O–H groups in total. The van der Waals surface area contributed by atoms with Gasteiger partial charge >= 0.3 is 0 Å². The SMILES string of the molecule is CNC(C1CCOC2(CCOCC2)C1)C(C)(C)S(C)(=O)=O. The van der Waals surface area contributed by atoms with Crippen LogP contribution in [0.2, 0.25) is 0 Å². The summed E-state index contributed by atoms with van der Waals surface area (Å²) in [6, 6.07) is -0.0591. The normalized spacial score (nSPS) is 28.5. The van der Waals surface area contributed by atoms with Crippen LogP contribution in [0.3, 0.4) is 0 Å². The van der Waals surface area contributed by atoms with Crippen molar-refractivity contribution in [1.29, 1.82) is 0 Å². The lowest BCUT2D eigenvalue weighted by Gasteiger charge is -2.48. The van der Waals surface area contributed by atoms with Crippen LogP contribution < -0.4 is 5.32 Å². The molecule has 0 aliphatic carbocycles. The van der Waals surface area contributed by atoms with E-state index < -0.39 is 14.6 Å². The molecular formula is C15H29NO4S. The van der Waals surface area contributed by atoms with Crippen LogP contribution in [0.4, 0.5) is 0 Å². The molecule has 2 fully saturated rings. The van der Waals surface area contributed by atoms with E-state index in [2.05, 4.69) is 5.32 Å². The molecule has 2 rings (SSSR count). The van der Waals surface area contributed by atoms with Gasteiger partial charge in [-0.1, -0.05) is 0 Å². The second kappa shape index (κ2) is 6.14. The fourth-order valence-corrected chi connectivity index (χ4v) is 4.60. The molecule has 21 heavy (non-hydrogen) atoms. The van der Waals surface area contributed by atoms with Gasteiger partial charge in [-0.3, -0.25) is 0 Å². The van der Waals surface area contributed by atoms with Crippen LogP contribution >= 0.6 is 0 Å². The van der Waals surface area contributed by atoms with Gasteiger partial charge in [0.1, 0.15) is 0 Å². The summed E-state index contributed by atoms with van der Waals surface area (Å²) in [4.78, 5) is 0. The van der Waals surface area contributed by atoms with Crippen LogP contribution in [0, 0.1) is 5.92 Å². The van der Waals surface area contributed by atoms with Crippen LogP contribution in [0.5, 0.6) is 0 Å². The zero-order valence-corrected chi connectivity index (χ0v) is 14.5. The number of ether oxygens (including phenoxy) is 2. The van der Waals surface area contributed by atoms with Gasteiger partial charge in [-0.25, -0.2) is 8.42 Å². The molecule has 5 nitrogen and oxygen atoms in total. The molecular weight excluding hydrogens is 290 g/mol. The molecule has 0 radical (unpaired) electrons. The van der Waals surface area contributed by atoms with E-state index in [4.69, 9.17) is 9.47 Å². The van der Waals surface area contributed by atoms with E-state index in [-0.39, 0.29) is 11.6 Å². The van der Waals surface area contributed by atoms with E-state index in [1.54, 1.807) is 0 Å². The molecule has 2 aliphatic rings. The zero-order chi connectivity index (χ0) is 15.7. The summed E-state index contributed by atoms with van der Waals surface area (Å²) in [6.07, 6.45) is 4.99. The van der Waals surface area contributed by atoms with Gasteiger partial charge in [0.2, 0.25) is 0 Å². The predicted molar refractivity (Wildman–Crippen MR) is 83.2 cm³/mol. The largest absolute Gasteiger partial charge is 0.381 e. The molecule has 2 heterocycles. The highest BCUT2D eigenvalue weighted by molar-refractivity contribution is 7.92. The highest BCUT2D eigenvalue weighted by atomic mass is 32.2. The van der Waals surface area contributed by atoms with E-state index in [1.807, 2.05) is 20.9 Å². The number of sulfone groups is 1. The third-order valence-corrected chi connectivity index (χ3v) is 7.59. The number of rotatable bonds is 4. The standard InChI is InChI=1S/C15H29NO4S/c1-14(2,21(4,17)18)13(16-3)12-5-8-20-15(11-12)6-9-19-10-7-15/h12-13,16H,5-11H2,1-4H3. The molecule has 0 aromatic carbocycles. The van der Waals surface area contributed by atoms with Gasteiger partial charge in [-0.2, -0.15) is 0 Å². The molecule has 2 aliphatic heterocycles. The van der Waals surface area contributed by atoms with Crippen LogP contribution in [-0.4, -0.2) is 57.9 Å². The molecule has 2 atom stereocenters. The number of hydrogen-bond donors (Lipinski definition) is 1. The van der Waals surface area contributed by atoms with Crippen LogP contribution in [0.15, 0.2) is 0 Å². The fraction of sp³-hybridized carbons (Fsp3) is 1.00. The van der Waals surface area contributed by atoms with Crippen molar-refractivity contribution in [1.82, 2.24) is 5.32 Å². The molecule has 0 aromatic heterocycles. The minimum absolute atomic E-state index is 0.0591. The maximum absolute atomic E-state index is 12.2. The molecule has 2 unspecified atom stereocenters. The summed E-state index contributed by atoms with van der Waals surface area (Å²) in [5.74, 6) is 0.312. The van der Waals surface area contributed by atoms with Gasteiger partial charge in [0.25, 0.3) is 0 Å². The topological polar surface area (TPSA) is 64.6 Å². The maximum atomic E-state index is 12.2. The summed E-state index contributed by atoms with van der Waals surface area (Å²) < 4.78 is 35.1. The van der Waals surface area contributed by atoms with E-state index >= 15 is 0 Å². The average Bonchev–Trinajstić information content (AvgIpc) is 2.39. The first-order valence-electron chi connectivity index (χ1n) is 7.80. The van der Waals surface area contributed by atoms with Crippen molar-refractivity contribution in [3.8, 4) is 0 Å². The summed E-state index contributed by atoms with van der Waals surface area (Å²) in [6.45, 7) is 5.85. The minimum Gasteiger partial charge on any atom is -0.381 e. The quantitative estimate of drug-likeness (QED) is 0.848. The number of nitrogens with one attached hydrogen (secondary N) is 1. The Morgan fingerprint density at radius 1 is 1.24 bits per heavy atom. The third-order valence-electron chi connectivity index (χ3n) is 5.42. The fourth-order valence-electron chi connectivity index (χ4n) is 3.82. The average molecular weight is 319 g/mol. The van der Waals surface area contributed by atoms with Crippen molar-refractivity contribution in [2.75, 3.05) is 33.1 Å². The summed E-state index contributed by atoms with van der Waals surface area (Å²) in [7, 11) is -1.27. The molecule has 0 amide bonds. The van der Waals surface area contributed by atoms with Crippen molar-refractivity contribution in [3.63, 3.8) is 0 Å². The van der Waals surface area contributed by atoms with E-state index in [9.17, 15) is 8.42 Å². The van der Waals surface area contributed by atoms with Gasteiger partial charge in [-0.15, -0.1) is 0 Å². The molecule has 0 bridgehead atoms. The second-order valence-electron chi connectivity index (χ2n) is 7.04. The molecule has 6 heteroatoms. The van der Waals surface area contributed by atoms with Gasteiger partial charge in [0.15, 0.2) is 9.84 Å². The van der Waals surface area contributed by atoms with Crippen molar-refractivity contribution in [2.24, 2.45) is 5.92 Å². The Labute approximate surface area is 128 Å². The lowest BCUT2D eigenvalue weighted by Crippen LogP contribution is -2.58. The van der Waals surface area contributed by atoms with Crippen molar-refractivity contribution in [3.05, 3.63) is 0 Å². The van der Waals surface area contributed by atoms with Gasteiger partial charge in [0.05, 0.1) is 10.3 Å². The maximum Gasteiger partial charge on any atom is 0.154 e. The number of hydrogen-bond acceptors (Lipinski definition) is 5. The predicted octanol–water partition coefficient (Wildman–Crippen LogP) is 1.37. The monoisotopic (exact) mass is 319 g/mol. The zero-order valence-electron chi connectivity index (χ0n) is 13.6. The molecule has 124 valence electrons. The summed E-state index contributed by atoms with van der Waals surface area (Å²) >= 11 is 0. The lowest BCUT2D eigenvalue weighted by atomic mass is 9.75. The van der Waals surface area contributed by atoms with E-state index in [1.165, 1.54) is 6.26 Å². The Balaban J connectivity index is 2.18. The first-order valence-corrected chi connectivity index (χ1v) is 9.70. The Kier molecular flexibility index (Phi) is 5.03. The first kappa shape index (κ1) is 17.2. The molecule has 0 aromatic rings. The highest BCUT2D eigenvalue weighted by Gasteiger charge is 2.47. The Hall–Kier alpha value is -0.170. The second-order valence-corrected chi connectivity index (χ2v) is 9.64. The van der Waals surface area contributed by atoms with Gasteiger partial charge < -0.3 is 14.8 Å². The molecule has 1 spiro atoms. The lowest BCUT2D eigenvalue weighted by molar-refractivity contribution is -0.150. The smallest absolute Gasteiger partial charge is 0.154 e. The van der Waals surface area contributed by atoms with E-state index in [0.717, 1.165) is 38.9 Å². The van der Waals surface area contributed by atoms with Crippen LogP contribution in [0.1, 0.15) is 39.5 Å². The summed E-state index contributed by atoms with van der Waals surface area (Å²) in [5, 5.41) is 3.27. The van der Waals surface area contributed by atoms with Gasteiger partial charge in [-0.05, 0) is 52.5 Å².